The third-order valence-electron chi connectivity index (χ3n) is 11.5. The molecule has 0 rings (SSSR count). The predicted molar refractivity (Wildman–Crippen MR) is 270 cm³/mol. The smallest absolute Gasteiger partial charge is 0.306 e. The van der Waals surface area contributed by atoms with E-state index in [1.54, 1.807) is 0 Å². The molecular weight excluding hydrogens is 781 g/mol. The number of esters is 3. The van der Waals surface area contributed by atoms with Crippen LogP contribution in [0.15, 0.2) is 60.8 Å². The highest BCUT2D eigenvalue weighted by molar-refractivity contribution is 5.71. The van der Waals surface area contributed by atoms with Crippen LogP contribution in [0.4, 0.5) is 0 Å². The van der Waals surface area contributed by atoms with Crippen molar-refractivity contribution in [2.75, 3.05) is 13.2 Å². The zero-order valence-electron chi connectivity index (χ0n) is 41.6. The lowest BCUT2D eigenvalue weighted by molar-refractivity contribution is -0.167. The van der Waals surface area contributed by atoms with Crippen molar-refractivity contribution in [1.82, 2.24) is 0 Å². The van der Waals surface area contributed by atoms with Crippen molar-refractivity contribution >= 4 is 17.9 Å². The topological polar surface area (TPSA) is 78.9 Å². The molecule has 0 aliphatic heterocycles. The van der Waals surface area contributed by atoms with Gasteiger partial charge in [-0.05, 0) is 83.5 Å². The van der Waals surface area contributed by atoms with Crippen LogP contribution < -0.4 is 0 Å². The summed E-state index contributed by atoms with van der Waals surface area (Å²) in [5.41, 5.74) is 0. The van der Waals surface area contributed by atoms with Gasteiger partial charge in [-0.25, -0.2) is 0 Å². The van der Waals surface area contributed by atoms with Gasteiger partial charge in [0.15, 0.2) is 6.10 Å². The first-order valence-electron chi connectivity index (χ1n) is 26.8. The van der Waals surface area contributed by atoms with E-state index in [1.165, 1.54) is 122 Å². The molecule has 0 radical (unpaired) electrons. The van der Waals surface area contributed by atoms with Crippen molar-refractivity contribution in [1.29, 1.82) is 0 Å². The Hall–Kier alpha value is -2.89. The van der Waals surface area contributed by atoms with E-state index in [2.05, 4.69) is 81.5 Å². The van der Waals surface area contributed by atoms with Gasteiger partial charge in [-0.3, -0.25) is 14.4 Å². The molecule has 0 aliphatic carbocycles. The Morgan fingerprint density at radius 2 is 0.619 bits per heavy atom. The molecular formula is C57H100O6. The first-order chi connectivity index (χ1) is 31.0. The number of unbranched alkanes of at least 4 members (excludes halogenated alkanes) is 27. The molecule has 364 valence electrons. The Labute approximate surface area is 390 Å². The summed E-state index contributed by atoms with van der Waals surface area (Å²) in [5.74, 6) is -0.909. The predicted octanol–water partition coefficient (Wildman–Crippen LogP) is 17.6. The van der Waals surface area contributed by atoms with Crippen molar-refractivity contribution in [2.45, 2.75) is 271 Å². The van der Waals surface area contributed by atoms with E-state index >= 15 is 0 Å². The molecule has 0 aliphatic rings. The highest BCUT2D eigenvalue weighted by atomic mass is 16.6. The third kappa shape index (κ3) is 50.0. The molecule has 1 atom stereocenters. The minimum atomic E-state index is -0.785. The average Bonchev–Trinajstić information content (AvgIpc) is 3.28. The maximum absolute atomic E-state index is 12.8. The van der Waals surface area contributed by atoms with Crippen LogP contribution in [0.25, 0.3) is 0 Å². The zero-order chi connectivity index (χ0) is 45.8. The molecule has 0 amide bonds. The Bertz CT molecular complexity index is 1150. The number of rotatable bonds is 48. The Morgan fingerprint density at radius 3 is 1.00 bits per heavy atom. The first-order valence-corrected chi connectivity index (χ1v) is 26.8. The lowest BCUT2D eigenvalue weighted by atomic mass is 10.0. The lowest BCUT2D eigenvalue weighted by Gasteiger charge is -2.18. The Kier molecular flexibility index (Phi) is 49.4. The van der Waals surface area contributed by atoms with Gasteiger partial charge in [0.2, 0.25) is 0 Å². The van der Waals surface area contributed by atoms with Crippen LogP contribution >= 0.6 is 0 Å². The molecule has 0 N–H and O–H groups in total. The molecule has 0 bridgehead atoms. The Morgan fingerprint density at radius 1 is 0.333 bits per heavy atom. The summed E-state index contributed by atoms with van der Waals surface area (Å²) >= 11 is 0. The number of hydrogen-bond donors (Lipinski definition) is 0. The van der Waals surface area contributed by atoms with Crippen LogP contribution in [-0.4, -0.2) is 37.2 Å². The molecule has 0 fully saturated rings. The van der Waals surface area contributed by atoms with Crippen LogP contribution in [-0.2, 0) is 28.6 Å². The van der Waals surface area contributed by atoms with Gasteiger partial charge in [0.05, 0.1) is 0 Å². The first kappa shape index (κ1) is 60.1. The fraction of sp³-hybridized carbons (Fsp3) is 0.772. The van der Waals surface area contributed by atoms with E-state index in [1.807, 2.05) is 0 Å². The van der Waals surface area contributed by atoms with Crippen LogP contribution in [0.1, 0.15) is 265 Å². The molecule has 6 heteroatoms. The number of hydrogen-bond acceptors (Lipinski definition) is 6. The molecule has 0 spiro atoms. The normalized spacial score (nSPS) is 12.5. The standard InChI is InChI=1S/C57H100O6/c1-4-7-10-13-16-19-22-25-27-28-30-32-35-38-41-44-47-50-56(59)62-53-54(52-61-55(58)49-46-43-40-37-34-31-24-21-18-15-12-9-6-3)63-57(60)51-48-45-42-39-36-33-29-26-23-20-17-14-11-8-5-2/h7,10,16,19,21,24-25,27,30,32,54H,4-6,8-9,11-15,17-18,20,22-23,26,28-29,31,33-53H2,1-3H3/b10-7-,19-16-,24-21-,27-25-,32-30-. The molecule has 0 aromatic heterocycles. The van der Waals surface area contributed by atoms with E-state index in [0.717, 1.165) is 103 Å². The van der Waals surface area contributed by atoms with Gasteiger partial charge in [0.1, 0.15) is 13.2 Å². The van der Waals surface area contributed by atoms with Gasteiger partial charge in [-0.1, -0.05) is 223 Å². The summed E-state index contributed by atoms with van der Waals surface area (Å²) in [6.07, 6.45) is 63.4. The SMILES string of the molecule is CC/C=C\C/C=C\C/C=C\C/C=C\CCCCCCC(=O)OCC(COC(=O)CCCCCCC/C=C\CCCCCC)OC(=O)CCCCCCCCCCCCCCCCC. The minimum Gasteiger partial charge on any atom is -0.462 e. The van der Waals surface area contributed by atoms with E-state index in [-0.39, 0.29) is 31.1 Å². The fourth-order valence-electron chi connectivity index (χ4n) is 7.49. The third-order valence-corrected chi connectivity index (χ3v) is 11.5. The molecule has 63 heavy (non-hydrogen) atoms. The van der Waals surface area contributed by atoms with Crippen molar-refractivity contribution in [3.63, 3.8) is 0 Å². The van der Waals surface area contributed by atoms with Gasteiger partial charge in [-0.15, -0.1) is 0 Å². The van der Waals surface area contributed by atoms with E-state index < -0.39 is 6.10 Å². The molecule has 0 aromatic carbocycles. The molecule has 0 aromatic rings. The second-order valence-electron chi connectivity index (χ2n) is 17.8. The summed E-state index contributed by atoms with van der Waals surface area (Å²) in [5, 5.41) is 0. The molecule has 1 unspecified atom stereocenters. The maximum atomic E-state index is 12.8. The maximum Gasteiger partial charge on any atom is 0.306 e. The highest BCUT2D eigenvalue weighted by Gasteiger charge is 2.19. The van der Waals surface area contributed by atoms with Gasteiger partial charge < -0.3 is 14.2 Å². The van der Waals surface area contributed by atoms with Gasteiger partial charge in [-0.2, -0.15) is 0 Å². The number of carbonyl (C=O) groups excluding carboxylic acids is 3. The Balaban J connectivity index is 4.41. The average molecular weight is 881 g/mol. The number of ether oxygens (including phenoxy) is 3. The molecule has 0 saturated carbocycles. The van der Waals surface area contributed by atoms with Crippen LogP contribution in [0.3, 0.4) is 0 Å². The van der Waals surface area contributed by atoms with E-state index in [4.69, 9.17) is 14.2 Å². The van der Waals surface area contributed by atoms with Gasteiger partial charge in [0.25, 0.3) is 0 Å². The van der Waals surface area contributed by atoms with Crippen molar-refractivity contribution in [2.24, 2.45) is 0 Å². The summed E-state index contributed by atoms with van der Waals surface area (Å²) in [4.78, 5) is 38.0. The van der Waals surface area contributed by atoms with Crippen LogP contribution in [0.2, 0.25) is 0 Å². The second-order valence-corrected chi connectivity index (χ2v) is 17.8. The molecule has 0 heterocycles. The minimum absolute atomic E-state index is 0.0845. The largest absolute Gasteiger partial charge is 0.462 e. The monoisotopic (exact) mass is 881 g/mol. The van der Waals surface area contributed by atoms with Gasteiger partial charge >= 0.3 is 17.9 Å². The summed E-state index contributed by atoms with van der Waals surface area (Å²) in [7, 11) is 0. The number of carbonyl (C=O) groups is 3. The van der Waals surface area contributed by atoms with Crippen molar-refractivity contribution < 1.29 is 28.6 Å². The summed E-state index contributed by atoms with van der Waals surface area (Å²) < 4.78 is 16.8. The van der Waals surface area contributed by atoms with Crippen molar-refractivity contribution in [3.05, 3.63) is 60.8 Å². The lowest BCUT2D eigenvalue weighted by Crippen LogP contribution is -2.30. The second kappa shape index (κ2) is 51.7. The van der Waals surface area contributed by atoms with Crippen LogP contribution in [0.5, 0.6) is 0 Å². The summed E-state index contributed by atoms with van der Waals surface area (Å²) in [6, 6.07) is 0. The fourth-order valence-corrected chi connectivity index (χ4v) is 7.49. The molecule has 6 nitrogen and oxygen atoms in total. The highest BCUT2D eigenvalue weighted by Crippen LogP contribution is 2.15. The number of allylic oxidation sites excluding steroid dienone is 10. The van der Waals surface area contributed by atoms with E-state index in [0.29, 0.717) is 19.3 Å². The quantitative estimate of drug-likeness (QED) is 0.0262. The molecule has 0 saturated heterocycles. The zero-order valence-corrected chi connectivity index (χ0v) is 41.6. The van der Waals surface area contributed by atoms with Gasteiger partial charge in [0, 0.05) is 19.3 Å². The van der Waals surface area contributed by atoms with Crippen molar-refractivity contribution in [3.8, 4) is 0 Å². The van der Waals surface area contributed by atoms with E-state index in [9.17, 15) is 14.4 Å². The summed E-state index contributed by atoms with van der Waals surface area (Å²) in [6.45, 7) is 6.50. The van der Waals surface area contributed by atoms with Crippen LogP contribution in [0, 0.1) is 0 Å².